The molecular weight excluding hydrogens is 264 g/mol. The van der Waals surface area contributed by atoms with E-state index in [1.165, 1.54) is 45.2 Å². The normalized spacial score (nSPS) is 46.9. The third-order valence-electron chi connectivity index (χ3n) is 6.39. The van der Waals surface area contributed by atoms with Gasteiger partial charge in [0.15, 0.2) is 0 Å². The molecule has 0 aromatic carbocycles. The van der Waals surface area contributed by atoms with Crippen LogP contribution in [-0.2, 0) is 0 Å². The number of fused-ring (bicyclic) bond motifs is 2. The molecule has 122 valence electrons. The highest BCUT2D eigenvalue weighted by Gasteiger charge is 2.41. The van der Waals surface area contributed by atoms with Crippen LogP contribution < -0.4 is 0 Å². The second-order valence-corrected chi connectivity index (χ2v) is 7.68. The van der Waals surface area contributed by atoms with Crippen molar-refractivity contribution in [3.8, 4) is 0 Å². The van der Waals surface area contributed by atoms with E-state index in [4.69, 9.17) is 0 Å². The van der Waals surface area contributed by atoms with Crippen LogP contribution in [0.5, 0.6) is 0 Å². The lowest BCUT2D eigenvalue weighted by molar-refractivity contribution is 0.0340. The summed E-state index contributed by atoms with van der Waals surface area (Å²) in [5, 5.41) is 19.2. The average molecular weight is 296 g/mol. The molecule has 0 aromatic heterocycles. The smallest absolute Gasteiger partial charge is 0.0698 e. The number of likely N-dealkylation sites (tertiary alicyclic amines) is 2. The molecule has 4 rings (SSSR count). The minimum absolute atomic E-state index is 0.0301. The maximum Gasteiger partial charge on any atom is 0.0698 e. The van der Waals surface area contributed by atoms with E-state index < -0.39 is 0 Å². The summed E-state index contributed by atoms with van der Waals surface area (Å²) in [6, 6.07) is 0.990. The number of likely N-dealkylation sites (N-methyl/N-ethyl adjacent to an activating group) is 2. The number of aliphatic hydroxyl groups excluding tert-OH is 2. The van der Waals surface area contributed by atoms with Crippen LogP contribution in [0.4, 0.5) is 0 Å². The minimum Gasteiger partial charge on any atom is -0.391 e. The third kappa shape index (κ3) is 3.14. The summed E-state index contributed by atoms with van der Waals surface area (Å²) in [6.45, 7) is 2.37. The van der Waals surface area contributed by atoms with Gasteiger partial charge in [-0.25, -0.2) is 0 Å². The van der Waals surface area contributed by atoms with Crippen molar-refractivity contribution in [3.63, 3.8) is 0 Å². The van der Waals surface area contributed by atoms with Crippen molar-refractivity contribution in [3.05, 3.63) is 0 Å². The fraction of sp³-hybridized carbons (Fsp3) is 1.00. The van der Waals surface area contributed by atoms with Gasteiger partial charge in [-0.2, -0.15) is 0 Å². The first-order valence-corrected chi connectivity index (χ1v) is 8.84. The first-order chi connectivity index (χ1) is 10.1. The molecule has 2 heterocycles. The van der Waals surface area contributed by atoms with Crippen LogP contribution in [0.3, 0.4) is 0 Å². The van der Waals surface area contributed by atoms with Crippen molar-refractivity contribution in [2.45, 2.75) is 69.2 Å². The number of nitrogens with zero attached hydrogens (tertiary/aromatic N) is 2. The Bertz CT molecular complexity index is 336. The summed E-state index contributed by atoms with van der Waals surface area (Å²) in [7, 11) is 4.26. The molecule has 4 nitrogen and oxygen atoms in total. The van der Waals surface area contributed by atoms with Crippen molar-refractivity contribution >= 4 is 0 Å². The van der Waals surface area contributed by atoms with Gasteiger partial charge in [0.2, 0.25) is 0 Å². The standard InChI is InChI=1S/C9H17NO.C8H15NO/c1-10-6-5-7-3-2-4-8(11)9(7)10;1-9-5-4-6-2-3-7(10)8(6)9/h7-9,11H,2-6H2,1H3;6-8,10H,2-5H2,1H3. The zero-order valence-electron chi connectivity index (χ0n) is 13.6. The predicted molar refractivity (Wildman–Crippen MR) is 84.1 cm³/mol. The van der Waals surface area contributed by atoms with E-state index in [0.717, 1.165) is 24.7 Å². The average Bonchev–Trinajstić information content (AvgIpc) is 3.12. The molecule has 2 aliphatic carbocycles. The van der Waals surface area contributed by atoms with Gasteiger partial charge in [-0.05, 0) is 77.5 Å². The SMILES string of the molecule is CN1CCC2CCC(O)C21.CN1CCC2CCCC(O)C21. The van der Waals surface area contributed by atoms with Crippen molar-refractivity contribution in [2.75, 3.05) is 27.2 Å². The Balaban J connectivity index is 0.000000126. The molecule has 21 heavy (non-hydrogen) atoms. The number of rotatable bonds is 0. The van der Waals surface area contributed by atoms with Gasteiger partial charge in [-0.3, -0.25) is 0 Å². The molecule has 4 heteroatoms. The summed E-state index contributed by atoms with van der Waals surface area (Å²) < 4.78 is 0. The Kier molecular flexibility index (Phi) is 4.89. The molecule has 0 bridgehead atoms. The van der Waals surface area contributed by atoms with Crippen molar-refractivity contribution in [1.82, 2.24) is 9.80 Å². The molecule has 2 N–H and O–H groups in total. The third-order valence-corrected chi connectivity index (χ3v) is 6.39. The molecule has 0 amide bonds. The second-order valence-electron chi connectivity index (χ2n) is 7.68. The Labute approximate surface area is 129 Å². The second kappa shape index (κ2) is 6.53. The molecule has 6 atom stereocenters. The zero-order chi connectivity index (χ0) is 15.0. The zero-order valence-corrected chi connectivity index (χ0v) is 13.6. The van der Waals surface area contributed by atoms with Gasteiger partial charge < -0.3 is 20.0 Å². The molecular formula is C17H32N2O2. The fourth-order valence-corrected chi connectivity index (χ4v) is 5.26. The number of aliphatic hydroxyl groups is 2. The van der Waals surface area contributed by atoms with E-state index in [-0.39, 0.29) is 12.2 Å². The Morgan fingerprint density at radius 1 is 0.667 bits per heavy atom. The highest BCUT2D eigenvalue weighted by atomic mass is 16.3. The van der Waals surface area contributed by atoms with Crippen LogP contribution in [0, 0.1) is 11.8 Å². The van der Waals surface area contributed by atoms with Crippen LogP contribution in [0.15, 0.2) is 0 Å². The number of hydrogen-bond acceptors (Lipinski definition) is 4. The Morgan fingerprint density at radius 2 is 1.19 bits per heavy atom. The minimum atomic E-state index is -0.0405. The van der Waals surface area contributed by atoms with E-state index in [2.05, 4.69) is 23.9 Å². The van der Waals surface area contributed by atoms with Crippen molar-refractivity contribution in [2.24, 2.45) is 11.8 Å². The molecule has 2 saturated heterocycles. The molecule has 2 saturated carbocycles. The fourth-order valence-electron chi connectivity index (χ4n) is 5.26. The maximum absolute atomic E-state index is 9.71. The Hall–Kier alpha value is -0.160. The van der Waals surface area contributed by atoms with Crippen LogP contribution in [0.2, 0.25) is 0 Å². The van der Waals surface area contributed by atoms with Gasteiger partial charge in [0.05, 0.1) is 12.2 Å². The van der Waals surface area contributed by atoms with Gasteiger partial charge in [-0.15, -0.1) is 0 Å². The Morgan fingerprint density at radius 3 is 1.71 bits per heavy atom. The van der Waals surface area contributed by atoms with Crippen LogP contribution >= 0.6 is 0 Å². The molecule has 0 aromatic rings. The van der Waals surface area contributed by atoms with E-state index in [1.807, 2.05) is 0 Å². The van der Waals surface area contributed by atoms with Crippen molar-refractivity contribution < 1.29 is 10.2 Å². The highest BCUT2D eigenvalue weighted by Crippen LogP contribution is 2.37. The first kappa shape index (κ1) is 15.7. The van der Waals surface area contributed by atoms with Gasteiger partial charge in [-0.1, -0.05) is 6.42 Å². The monoisotopic (exact) mass is 296 g/mol. The summed E-state index contributed by atoms with van der Waals surface area (Å²) in [4.78, 5) is 4.64. The quantitative estimate of drug-likeness (QED) is 0.708. The molecule has 2 aliphatic heterocycles. The lowest BCUT2D eigenvalue weighted by atomic mass is 9.83. The summed E-state index contributed by atoms with van der Waals surface area (Å²) in [6.07, 6.45) is 8.40. The van der Waals surface area contributed by atoms with E-state index in [9.17, 15) is 10.2 Å². The predicted octanol–water partition coefficient (Wildman–Crippen LogP) is 1.31. The van der Waals surface area contributed by atoms with Gasteiger partial charge >= 0.3 is 0 Å². The van der Waals surface area contributed by atoms with Crippen molar-refractivity contribution in [1.29, 1.82) is 0 Å². The topological polar surface area (TPSA) is 46.9 Å². The maximum atomic E-state index is 9.71. The first-order valence-electron chi connectivity index (χ1n) is 8.84. The number of hydrogen-bond donors (Lipinski definition) is 2. The molecule has 0 radical (unpaired) electrons. The lowest BCUT2D eigenvalue weighted by Gasteiger charge is -2.33. The molecule has 0 spiro atoms. The van der Waals surface area contributed by atoms with Crippen LogP contribution in [0.25, 0.3) is 0 Å². The van der Waals surface area contributed by atoms with E-state index in [0.29, 0.717) is 12.1 Å². The van der Waals surface area contributed by atoms with Gasteiger partial charge in [0.1, 0.15) is 0 Å². The molecule has 4 aliphatic rings. The molecule has 6 unspecified atom stereocenters. The molecule has 4 fully saturated rings. The summed E-state index contributed by atoms with van der Waals surface area (Å²) >= 11 is 0. The summed E-state index contributed by atoms with van der Waals surface area (Å²) in [5.41, 5.74) is 0. The largest absolute Gasteiger partial charge is 0.391 e. The van der Waals surface area contributed by atoms with Gasteiger partial charge in [0.25, 0.3) is 0 Å². The summed E-state index contributed by atoms with van der Waals surface area (Å²) in [5.74, 6) is 1.60. The van der Waals surface area contributed by atoms with E-state index >= 15 is 0 Å². The van der Waals surface area contributed by atoms with Gasteiger partial charge in [0, 0.05) is 12.1 Å². The van der Waals surface area contributed by atoms with E-state index in [1.54, 1.807) is 0 Å². The highest BCUT2D eigenvalue weighted by molar-refractivity contribution is 4.95. The van der Waals surface area contributed by atoms with Crippen LogP contribution in [-0.4, -0.2) is 71.5 Å². The lowest BCUT2D eigenvalue weighted by Crippen LogP contribution is -2.42. The van der Waals surface area contributed by atoms with Crippen LogP contribution in [0.1, 0.15) is 44.9 Å².